The number of carbonyl (C=O) groups is 2. The van der Waals surface area contributed by atoms with Crippen LogP contribution in [-0.4, -0.2) is 29.9 Å². The molecule has 0 atom stereocenters. The second-order valence-electron chi connectivity index (χ2n) is 7.15. The molecule has 0 aromatic heterocycles. The number of halogens is 1. The molecule has 0 saturated carbocycles. The molecule has 5 heteroatoms. The van der Waals surface area contributed by atoms with Crippen LogP contribution in [0.1, 0.15) is 39.9 Å². The van der Waals surface area contributed by atoms with E-state index < -0.39 is 0 Å². The van der Waals surface area contributed by atoms with Crippen LogP contribution in [0, 0.1) is 26.7 Å². The molecule has 1 heterocycles. The van der Waals surface area contributed by atoms with E-state index in [1.54, 1.807) is 29.2 Å². The fourth-order valence-electron chi connectivity index (χ4n) is 3.36. The average Bonchev–Trinajstić information content (AvgIpc) is 2.68. The van der Waals surface area contributed by atoms with Crippen LogP contribution in [0.15, 0.2) is 36.4 Å². The molecule has 2 aromatic carbocycles. The predicted molar refractivity (Wildman–Crippen MR) is 106 cm³/mol. The Hall–Kier alpha value is -2.33. The lowest BCUT2D eigenvalue weighted by Crippen LogP contribution is -2.41. The molecule has 0 aliphatic carbocycles. The van der Waals surface area contributed by atoms with Gasteiger partial charge < -0.3 is 9.64 Å². The van der Waals surface area contributed by atoms with E-state index in [1.807, 2.05) is 32.9 Å². The van der Waals surface area contributed by atoms with Crippen LogP contribution in [0.3, 0.4) is 0 Å². The molecule has 0 radical (unpaired) electrons. The summed E-state index contributed by atoms with van der Waals surface area (Å²) in [5.74, 6) is 0.257. The van der Waals surface area contributed by atoms with E-state index in [4.69, 9.17) is 16.3 Å². The van der Waals surface area contributed by atoms with E-state index in [2.05, 4.69) is 0 Å². The number of ether oxygens (including phenoxy) is 1. The van der Waals surface area contributed by atoms with E-state index in [0.29, 0.717) is 42.3 Å². The zero-order chi connectivity index (χ0) is 19.6. The van der Waals surface area contributed by atoms with Crippen molar-refractivity contribution in [3.8, 4) is 5.75 Å². The number of esters is 1. The SMILES string of the molecule is Cc1ccc(C)c(OC(=O)C2CCN(C(=O)c3ccc(Cl)cc3)CC2)c1C. The second-order valence-corrected chi connectivity index (χ2v) is 7.58. The van der Waals surface area contributed by atoms with Gasteiger partial charge in [-0.3, -0.25) is 9.59 Å². The number of rotatable bonds is 3. The number of hydrogen-bond acceptors (Lipinski definition) is 3. The Morgan fingerprint density at radius 2 is 1.56 bits per heavy atom. The number of amides is 1. The van der Waals surface area contributed by atoms with Crippen molar-refractivity contribution in [2.75, 3.05) is 13.1 Å². The molecular formula is C22H24ClNO3. The predicted octanol–water partition coefficient (Wildman–Crippen LogP) is 4.72. The highest BCUT2D eigenvalue weighted by molar-refractivity contribution is 6.30. The second kappa shape index (κ2) is 8.13. The van der Waals surface area contributed by atoms with Gasteiger partial charge in [-0.25, -0.2) is 0 Å². The molecule has 1 aliphatic heterocycles. The van der Waals surface area contributed by atoms with E-state index in [-0.39, 0.29) is 17.8 Å². The summed E-state index contributed by atoms with van der Waals surface area (Å²) in [4.78, 5) is 27.0. The molecule has 142 valence electrons. The minimum atomic E-state index is -0.203. The first kappa shape index (κ1) is 19.4. The Kier molecular flexibility index (Phi) is 5.85. The maximum absolute atomic E-state index is 12.6. The topological polar surface area (TPSA) is 46.6 Å². The molecule has 4 nitrogen and oxygen atoms in total. The van der Waals surface area contributed by atoms with Crippen LogP contribution in [0.25, 0.3) is 0 Å². The van der Waals surface area contributed by atoms with Crippen LogP contribution in [0.5, 0.6) is 5.75 Å². The van der Waals surface area contributed by atoms with Crippen molar-refractivity contribution in [1.82, 2.24) is 4.90 Å². The van der Waals surface area contributed by atoms with E-state index in [1.165, 1.54) is 0 Å². The van der Waals surface area contributed by atoms with Crippen molar-refractivity contribution in [2.24, 2.45) is 5.92 Å². The standard InChI is InChI=1S/C22H24ClNO3/c1-14-4-5-15(2)20(16(14)3)27-22(26)18-10-12-24(13-11-18)21(25)17-6-8-19(23)9-7-17/h4-9,18H,10-13H2,1-3H3. The summed E-state index contributed by atoms with van der Waals surface area (Å²) in [5.41, 5.74) is 3.68. The lowest BCUT2D eigenvalue weighted by Gasteiger charge is -2.31. The van der Waals surface area contributed by atoms with Crippen molar-refractivity contribution in [3.63, 3.8) is 0 Å². The summed E-state index contributed by atoms with van der Waals surface area (Å²) >= 11 is 5.88. The van der Waals surface area contributed by atoms with Gasteiger partial charge in [0.2, 0.25) is 0 Å². The molecule has 1 saturated heterocycles. The molecule has 1 aliphatic rings. The van der Waals surface area contributed by atoms with Crippen molar-refractivity contribution in [2.45, 2.75) is 33.6 Å². The molecule has 0 unspecified atom stereocenters. The minimum Gasteiger partial charge on any atom is -0.426 e. The van der Waals surface area contributed by atoms with Gasteiger partial charge in [0.15, 0.2) is 0 Å². The Balaban J connectivity index is 1.60. The number of likely N-dealkylation sites (tertiary alicyclic amines) is 1. The zero-order valence-corrected chi connectivity index (χ0v) is 16.7. The summed E-state index contributed by atoms with van der Waals surface area (Å²) < 4.78 is 5.73. The van der Waals surface area contributed by atoms with Gasteiger partial charge in [-0.2, -0.15) is 0 Å². The van der Waals surface area contributed by atoms with Crippen LogP contribution >= 0.6 is 11.6 Å². The summed E-state index contributed by atoms with van der Waals surface area (Å²) in [6.07, 6.45) is 1.23. The van der Waals surface area contributed by atoms with Gasteiger partial charge in [-0.1, -0.05) is 23.7 Å². The molecule has 1 fully saturated rings. The zero-order valence-electron chi connectivity index (χ0n) is 15.9. The average molecular weight is 386 g/mol. The lowest BCUT2D eigenvalue weighted by atomic mass is 9.96. The first-order chi connectivity index (χ1) is 12.9. The van der Waals surface area contributed by atoms with E-state index in [0.717, 1.165) is 16.7 Å². The first-order valence-corrected chi connectivity index (χ1v) is 9.58. The highest BCUT2D eigenvalue weighted by Crippen LogP contribution is 2.28. The first-order valence-electron chi connectivity index (χ1n) is 9.20. The highest BCUT2D eigenvalue weighted by Gasteiger charge is 2.29. The van der Waals surface area contributed by atoms with Gasteiger partial charge in [-0.05, 0) is 74.6 Å². The molecule has 0 spiro atoms. The molecule has 2 aromatic rings. The smallest absolute Gasteiger partial charge is 0.314 e. The van der Waals surface area contributed by atoms with Gasteiger partial charge in [-0.15, -0.1) is 0 Å². The summed E-state index contributed by atoms with van der Waals surface area (Å²) in [6, 6.07) is 10.9. The van der Waals surface area contributed by atoms with E-state index in [9.17, 15) is 9.59 Å². The molecular weight excluding hydrogens is 362 g/mol. The van der Waals surface area contributed by atoms with Crippen molar-refractivity contribution < 1.29 is 14.3 Å². The van der Waals surface area contributed by atoms with Gasteiger partial charge in [0, 0.05) is 23.7 Å². The van der Waals surface area contributed by atoms with Gasteiger partial charge >= 0.3 is 5.97 Å². The summed E-state index contributed by atoms with van der Waals surface area (Å²) in [6.45, 7) is 7.02. The largest absolute Gasteiger partial charge is 0.426 e. The maximum Gasteiger partial charge on any atom is 0.314 e. The van der Waals surface area contributed by atoms with Crippen molar-refractivity contribution in [3.05, 3.63) is 63.7 Å². The Bertz CT molecular complexity index is 853. The summed E-state index contributed by atoms with van der Waals surface area (Å²) in [5, 5.41) is 0.606. The third kappa shape index (κ3) is 4.33. The summed E-state index contributed by atoms with van der Waals surface area (Å²) in [7, 11) is 0. The number of piperidine rings is 1. The number of benzene rings is 2. The highest BCUT2D eigenvalue weighted by atomic mass is 35.5. The van der Waals surface area contributed by atoms with Crippen LogP contribution in [0.4, 0.5) is 0 Å². The molecule has 3 rings (SSSR count). The number of aryl methyl sites for hydroxylation is 2. The molecule has 0 bridgehead atoms. The van der Waals surface area contributed by atoms with Crippen LogP contribution in [-0.2, 0) is 4.79 Å². The Morgan fingerprint density at radius 3 is 2.19 bits per heavy atom. The van der Waals surface area contributed by atoms with Crippen LogP contribution < -0.4 is 4.74 Å². The van der Waals surface area contributed by atoms with Crippen molar-refractivity contribution in [1.29, 1.82) is 0 Å². The van der Waals surface area contributed by atoms with Crippen LogP contribution in [0.2, 0.25) is 5.02 Å². The van der Waals surface area contributed by atoms with Gasteiger partial charge in [0.05, 0.1) is 5.92 Å². The van der Waals surface area contributed by atoms with E-state index >= 15 is 0 Å². The number of hydrogen-bond donors (Lipinski definition) is 0. The Morgan fingerprint density at radius 1 is 0.963 bits per heavy atom. The quantitative estimate of drug-likeness (QED) is 0.567. The minimum absolute atomic E-state index is 0.0242. The third-order valence-electron chi connectivity index (χ3n) is 5.28. The van der Waals surface area contributed by atoms with Gasteiger partial charge in [0.25, 0.3) is 5.91 Å². The molecule has 0 N–H and O–H groups in total. The van der Waals surface area contributed by atoms with Gasteiger partial charge in [0.1, 0.15) is 5.75 Å². The third-order valence-corrected chi connectivity index (χ3v) is 5.53. The number of nitrogens with zero attached hydrogens (tertiary/aromatic N) is 1. The normalized spacial score (nSPS) is 14.9. The number of carbonyl (C=O) groups excluding carboxylic acids is 2. The Labute approximate surface area is 165 Å². The molecule has 1 amide bonds. The fraction of sp³-hybridized carbons (Fsp3) is 0.364. The fourth-order valence-corrected chi connectivity index (χ4v) is 3.49. The maximum atomic E-state index is 12.6. The molecule has 27 heavy (non-hydrogen) atoms. The monoisotopic (exact) mass is 385 g/mol. The lowest BCUT2D eigenvalue weighted by molar-refractivity contribution is -0.140. The van der Waals surface area contributed by atoms with Crippen molar-refractivity contribution >= 4 is 23.5 Å².